The number of carbonyl (C=O) groups excluding carboxylic acids is 1. The van der Waals surface area contributed by atoms with Crippen LogP contribution in [0.1, 0.15) is 10.4 Å². The Morgan fingerprint density at radius 2 is 2.00 bits per heavy atom. The molecule has 0 radical (unpaired) electrons. The maximum absolute atomic E-state index is 12.1. The van der Waals surface area contributed by atoms with Crippen LogP contribution in [0.15, 0.2) is 29.2 Å². The second-order valence-electron chi connectivity index (χ2n) is 5.29. The Kier molecular flexibility index (Phi) is 2.87. The zero-order chi connectivity index (χ0) is 13.6. The van der Waals surface area contributed by atoms with Crippen molar-refractivity contribution in [2.24, 2.45) is 11.8 Å². The maximum Gasteiger partial charge on any atom is 0.251 e. The summed E-state index contributed by atoms with van der Waals surface area (Å²) in [4.78, 5) is 12.3. The first-order chi connectivity index (χ1) is 8.97. The molecule has 19 heavy (non-hydrogen) atoms. The van der Waals surface area contributed by atoms with Crippen LogP contribution >= 0.6 is 0 Å². The summed E-state index contributed by atoms with van der Waals surface area (Å²) in [6.45, 7) is 1.91. The van der Waals surface area contributed by atoms with Gasteiger partial charge in [-0.05, 0) is 30.0 Å². The molecular weight excluding hydrogens is 264 g/mol. The molecule has 0 spiro atoms. The van der Waals surface area contributed by atoms with E-state index in [1.54, 1.807) is 12.1 Å². The van der Waals surface area contributed by atoms with Crippen molar-refractivity contribution in [3.05, 3.63) is 29.8 Å². The van der Waals surface area contributed by atoms with Crippen molar-refractivity contribution in [2.75, 3.05) is 19.3 Å². The molecule has 102 valence electrons. The third kappa shape index (κ3) is 2.37. The number of hydrogen-bond donors (Lipinski definition) is 2. The molecule has 0 bridgehead atoms. The molecule has 5 nitrogen and oxygen atoms in total. The lowest BCUT2D eigenvalue weighted by atomic mass is 10.2. The monoisotopic (exact) mass is 280 g/mol. The van der Waals surface area contributed by atoms with Gasteiger partial charge >= 0.3 is 0 Å². The van der Waals surface area contributed by atoms with Gasteiger partial charge in [0.2, 0.25) is 0 Å². The zero-order valence-electron chi connectivity index (χ0n) is 10.6. The highest BCUT2D eigenvalue weighted by Crippen LogP contribution is 2.41. The average molecular weight is 280 g/mol. The molecule has 0 aromatic heterocycles. The summed E-state index contributed by atoms with van der Waals surface area (Å²) in [6, 6.07) is 6.42. The highest BCUT2D eigenvalue weighted by molar-refractivity contribution is 7.90. The van der Waals surface area contributed by atoms with Crippen molar-refractivity contribution in [3.63, 3.8) is 0 Å². The van der Waals surface area contributed by atoms with Crippen LogP contribution in [0, 0.1) is 11.8 Å². The van der Waals surface area contributed by atoms with Gasteiger partial charge in [0.25, 0.3) is 5.91 Å². The predicted octanol–water partition coefficient (Wildman–Crippen LogP) is 0.0377. The largest absolute Gasteiger partial charge is 0.349 e. The minimum Gasteiger partial charge on any atom is -0.349 e. The van der Waals surface area contributed by atoms with Crippen LogP contribution in [-0.4, -0.2) is 39.7 Å². The van der Waals surface area contributed by atoms with Crippen molar-refractivity contribution >= 4 is 15.7 Å². The van der Waals surface area contributed by atoms with Crippen LogP contribution < -0.4 is 10.6 Å². The molecule has 1 heterocycles. The number of amides is 1. The van der Waals surface area contributed by atoms with Gasteiger partial charge in [-0.1, -0.05) is 6.07 Å². The minimum absolute atomic E-state index is 0.179. The minimum atomic E-state index is -3.28. The number of sulfone groups is 1. The highest BCUT2D eigenvalue weighted by atomic mass is 32.2. The lowest BCUT2D eigenvalue weighted by Crippen LogP contribution is -2.32. The number of rotatable bonds is 3. The van der Waals surface area contributed by atoms with Gasteiger partial charge in [0.05, 0.1) is 4.90 Å². The molecule has 2 aliphatic rings. The van der Waals surface area contributed by atoms with Gasteiger partial charge in [-0.15, -0.1) is 0 Å². The van der Waals surface area contributed by atoms with Gasteiger partial charge in [-0.25, -0.2) is 8.42 Å². The number of hydrogen-bond acceptors (Lipinski definition) is 4. The van der Waals surface area contributed by atoms with Crippen molar-refractivity contribution in [2.45, 2.75) is 10.9 Å². The summed E-state index contributed by atoms with van der Waals surface area (Å²) in [7, 11) is -3.28. The van der Waals surface area contributed by atoms with E-state index in [1.165, 1.54) is 12.1 Å². The molecule has 1 saturated carbocycles. The van der Waals surface area contributed by atoms with Crippen molar-refractivity contribution < 1.29 is 13.2 Å². The Morgan fingerprint density at radius 3 is 2.63 bits per heavy atom. The topological polar surface area (TPSA) is 75.3 Å². The van der Waals surface area contributed by atoms with E-state index in [9.17, 15) is 13.2 Å². The number of benzene rings is 1. The van der Waals surface area contributed by atoms with Crippen molar-refractivity contribution in [1.29, 1.82) is 0 Å². The van der Waals surface area contributed by atoms with E-state index in [-0.39, 0.29) is 16.8 Å². The summed E-state index contributed by atoms with van der Waals surface area (Å²) in [5.74, 6) is 0.897. The second-order valence-corrected chi connectivity index (χ2v) is 7.30. The van der Waals surface area contributed by atoms with Gasteiger partial charge in [0, 0.05) is 31.0 Å². The van der Waals surface area contributed by atoms with Crippen LogP contribution in [0.4, 0.5) is 0 Å². The fraction of sp³-hybridized carbons (Fsp3) is 0.462. The fourth-order valence-corrected chi connectivity index (χ4v) is 3.40. The molecule has 1 aromatic carbocycles. The van der Waals surface area contributed by atoms with Gasteiger partial charge in [0.1, 0.15) is 0 Å². The zero-order valence-corrected chi connectivity index (χ0v) is 11.4. The Hall–Kier alpha value is -1.40. The molecule has 2 fully saturated rings. The summed E-state index contributed by atoms with van der Waals surface area (Å²) >= 11 is 0. The number of carbonyl (C=O) groups is 1. The SMILES string of the molecule is CS(=O)(=O)c1cccc(C(=O)NC2[C@@H]3CNC[C@@H]23)c1. The maximum atomic E-state index is 12.1. The first-order valence-corrected chi connectivity index (χ1v) is 8.17. The summed E-state index contributed by atoms with van der Waals surface area (Å²) in [6.07, 6.45) is 1.14. The van der Waals surface area contributed by atoms with Crippen LogP contribution in [-0.2, 0) is 9.84 Å². The lowest BCUT2D eigenvalue weighted by molar-refractivity contribution is 0.0946. The standard InChI is InChI=1S/C13H16N2O3S/c1-19(17,18)9-4-2-3-8(5-9)13(16)15-12-10-6-14-7-11(10)12/h2-5,10-12,14H,6-7H2,1H3,(H,15,16)/t10-,11-/m1/s1. The molecule has 1 aromatic rings. The van der Waals surface area contributed by atoms with Gasteiger partial charge < -0.3 is 10.6 Å². The molecule has 1 saturated heterocycles. The summed E-state index contributed by atoms with van der Waals surface area (Å²) < 4.78 is 22.9. The fourth-order valence-electron chi connectivity index (χ4n) is 2.74. The molecule has 3 rings (SSSR count). The van der Waals surface area contributed by atoms with Crippen molar-refractivity contribution in [3.8, 4) is 0 Å². The number of piperidine rings is 1. The predicted molar refractivity (Wildman–Crippen MR) is 70.7 cm³/mol. The quantitative estimate of drug-likeness (QED) is 0.819. The molecular formula is C13H16N2O3S. The summed E-state index contributed by atoms with van der Waals surface area (Å²) in [5, 5.41) is 6.24. The normalized spacial score (nSPS) is 28.8. The van der Waals surface area contributed by atoms with E-state index in [4.69, 9.17) is 0 Å². The molecule has 1 aliphatic heterocycles. The van der Waals surface area contributed by atoms with E-state index in [0.29, 0.717) is 17.4 Å². The third-order valence-corrected chi connectivity index (χ3v) is 5.02. The number of nitrogens with one attached hydrogen (secondary N) is 2. The van der Waals surface area contributed by atoms with Crippen molar-refractivity contribution in [1.82, 2.24) is 10.6 Å². The molecule has 1 aliphatic carbocycles. The molecule has 6 heteroatoms. The molecule has 0 unspecified atom stereocenters. The average Bonchev–Trinajstić information content (AvgIpc) is 2.81. The van der Waals surface area contributed by atoms with Crippen LogP contribution in [0.25, 0.3) is 0 Å². The molecule has 1 amide bonds. The first kappa shape index (κ1) is 12.6. The van der Waals surface area contributed by atoms with E-state index in [0.717, 1.165) is 19.3 Å². The highest BCUT2D eigenvalue weighted by Gasteiger charge is 2.53. The Labute approximate surface area is 112 Å². The summed E-state index contributed by atoms with van der Waals surface area (Å²) in [5.41, 5.74) is 0.404. The van der Waals surface area contributed by atoms with E-state index in [1.807, 2.05) is 0 Å². The van der Waals surface area contributed by atoms with Crippen LogP contribution in [0.3, 0.4) is 0 Å². The molecule has 2 N–H and O–H groups in total. The Bertz CT molecular complexity index is 617. The van der Waals surface area contributed by atoms with E-state index in [2.05, 4.69) is 10.6 Å². The Morgan fingerprint density at radius 1 is 1.32 bits per heavy atom. The second kappa shape index (κ2) is 4.31. The number of fused-ring (bicyclic) bond motifs is 1. The lowest BCUT2D eigenvalue weighted by Gasteiger charge is -2.08. The van der Waals surface area contributed by atoms with Gasteiger partial charge in [0.15, 0.2) is 9.84 Å². The van der Waals surface area contributed by atoms with Gasteiger partial charge in [-0.2, -0.15) is 0 Å². The van der Waals surface area contributed by atoms with Crippen LogP contribution in [0.2, 0.25) is 0 Å². The smallest absolute Gasteiger partial charge is 0.251 e. The molecule has 2 atom stereocenters. The van der Waals surface area contributed by atoms with E-state index >= 15 is 0 Å². The first-order valence-electron chi connectivity index (χ1n) is 6.28. The third-order valence-electron chi connectivity index (χ3n) is 3.91. The van der Waals surface area contributed by atoms with Gasteiger partial charge in [-0.3, -0.25) is 4.79 Å². The van der Waals surface area contributed by atoms with Crippen LogP contribution in [0.5, 0.6) is 0 Å². The van der Waals surface area contributed by atoms with E-state index < -0.39 is 9.84 Å². The Balaban J connectivity index is 1.73.